The summed E-state index contributed by atoms with van der Waals surface area (Å²) in [7, 11) is 1.58. The molecule has 0 fully saturated rings. The summed E-state index contributed by atoms with van der Waals surface area (Å²) < 4.78 is 6.82. The van der Waals surface area contributed by atoms with Gasteiger partial charge in [-0.05, 0) is 18.2 Å². The summed E-state index contributed by atoms with van der Waals surface area (Å²) in [6.45, 7) is 6.29. The fourth-order valence-electron chi connectivity index (χ4n) is 1.76. The Morgan fingerprint density at radius 1 is 1.26 bits per heavy atom. The quantitative estimate of drug-likeness (QED) is 0.916. The number of nitrogens with two attached hydrogens (primary N) is 1. The van der Waals surface area contributed by atoms with Gasteiger partial charge < -0.3 is 10.5 Å². The Kier molecular flexibility index (Phi) is 3.45. The lowest BCUT2D eigenvalue weighted by Gasteiger charge is -2.14. The molecule has 1 aromatic heterocycles. The largest absolute Gasteiger partial charge is 0.495 e. The van der Waals surface area contributed by atoms with E-state index in [1.54, 1.807) is 23.9 Å². The number of methoxy groups -OCH3 is 1. The minimum Gasteiger partial charge on any atom is -0.495 e. The van der Waals surface area contributed by atoms with Crippen LogP contribution < -0.4 is 10.5 Å². The van der Waals surface area contributed by atoms with Crippen molar-refractivity contribution in [1.82, 2.24) is 9.78 Å². The van der Waals surface area contributed by atoms with Gasteiger partial charge >= 0.3 is 0 Å². The Labute approximate surface area is 118 Å². The molecule has 1 heterocycles. The van der Waals surface area contributed by atoms with Crippen LogP contribution in [0.1, 0.15) is 26.5 Å². The highest BCUT2D eigenvalue weighted by molar-refractivity contribution is 6.32. The first-order valence-electron chi connectivity index (χ1n) is 6.03. The van der Waals surface area contributed by atoms with Gasteiger partial charge in [-0.3, -0.25) is 0 Å². The highest BCUT2D eigenvalue weighted by atomic mass is 35.5. The maximum absolute atomic E-state index is 6.12. The van der Waals surface area contributed by atoms with Crippen molar-refractivity contribution in [3.63, 3.8) is 0 Å². The third-order valence-electron chi connectivity index (χ3n) is 2.89. The third-order valence-corrected chi connectivity index (χ3v) is 3.18. The van der Waals surface area contributed by atoms with E-state index in [0.29, 0.717) is 16.6 Å². The first kappa shape index (κ1) is 13.7. The van der Waals surface area contributed by atoms with Crippen LogP contribution in [0, 0.1) is 0 Å². The monoisotopic (exact) mass is 279 g/mol. The standard InChI is InChI=1S/C14H18ClN3O/c1-14(2,3)12-8-13(16)18(17-12)9-5-6-11(19-4)10(15)7-9/h5-8H,16H2,1-4H3. The molecule has 4 nitrogen and oxygen atoms in total. The van der Waals surface area contributed by atoms with Crippen LogP contribution in [0.5, 0.6) is 5.75 Å². The second kappa shape index (κ2) is 4.78. The topological polar surface area (TPSA) is 53.1 Å². The first-order chi connectivity index (χ1) is 8.82. The Bertz CT molecular complexity index is 599. The maximum atomic E-state index is 6.12. The summed E-state index contributed by atoms with van der Waals surface area (Å²) in [5, 5.41) is 5.07. The van der Waals surface area contributed by atoms with Crippen molar-refractivity contribution < 1.29 is 4.74 Å². The molecule has 0 radical (unpaired) electrons. The highest BCUT2D eigenvalue weighted by Gasteiger charge is 2.19. The van der Waals surface area contributed by atoms with Crippen LogP contribution in [0.2, 0.25) is 5.02 Å². The first-order valence-corrected chi connectivity index (χ1v) is 6.40. The van der Waals surface area contributed by atoms with Gasteiger partial charge in [-0.15, -0.1) is 0 Å². The number of hydrogen-bond acceptors (Lipinski definition) is 3. The molecule has 0 aliphatic carbocycles. The summed E-state index contributed by atoms with van der Waals surface area (Å²) in [4.78, 5) is 0. The molecule has 5 heteroatoms. The molecule has 0 spiro atoms. The Balaban J connectivity index is 2.48. The van der Waals surface area contributed by atoms with Gasteiger partial charge in [0.2, 0.25) is 0 Å². The molecule has 2 N–H and O–H groups in total. The number of benzene rings is 1. The van der Waals surface area contributed by atoms with E-state index in [2.05, 4.69) is 25.9 Å². The molecule has 0 aliphatic rings. The van der Waals surface area contributed by atoms with E-state index in [4.69, 9.17) is 22.1 Å². The minimum absolute atomic E-state index is 0.0460. The molecule has 2 aromatic rings. The van der Waals surface area contributed by atoms with Gasteiger partial charge in [0, 0.05) is 11.5 Å². The third kappa shape index (κ3) is 2.68. The van der Waals surface area contributed by atoms with E-state index in [0.717, 1.165) is 11.4 Å². The zero-order chi connectivity index (χ0) is 14.2. The van der Waals surface area contributed by atoms with Crippen LogP contribution in [0.3, 0.4) is 0 Å². The Morgan fingerprint density at radius 2 is 1.95 bits per heavy atom. The Hall–Kier alpha value is -1.68. The molecule has 19 heavy (non-hydrogen) atoms. The molecule has 0 saturated heterocycles. The number of anilines is 1. The molecule has 0 atom stereocenters. The van der Waals surface area contributed by atoms with Crippen molar-refractivity contribution in [3.05, 3.63) is 35.0 Å². The van der Waals surface area contributed by atoms with Gasteiger partial charge in [0.05, 0.1) is 23.5 Å². The number of ether oxygens (including phenoxy) is 1. The number of nitrogen functional groups attached to an aromatic ring is 1. The number of aromatic nitrogens is 2. The maximum Gasteiger partial charge on any atom is 0.137 e. The molecule has 0 aliphatic heterocycles. The second-order valence-corrected chi connectivity index (χ2v) is 5.84. The van der Waals surface area contributed by atoms with Gasteiger partial charge in [0.25, 0.3) is 0 Å². The summed E-state index contributed by atoms with van der Waals surface area (Å²) >= 11 is 6.12. The van der Waals surface area contributed by atoms with E-state index < -0.39 is 0 Å². The van der Waals surface area contributed by atoms with Crippen LogP contribution in [-0.4, -0.2) is 16.9 Å². The number of hydrogen-bond donors (Lipinski definition) is 1. The van der Waals surface area contributed by atoms with E-state index in [1.807, 2.05) is 12.1 Å². The molecular weight excluding hydrogens is 262 g/mol. The summed E-state index contributed by atoms with van der Waals surface area (Å²) in [6, 6.07) is 7.35. The zero-order valence-electron chi connectivity index (χ0n) is 11.6. The lowest BCUT2D eigenvalue weighted by Crippen LogP contribution is -2.12. The Morgan fingerprint density at radius 3 is 2.42 bits per heavy atom. The predicted octanol–water partition coefficient (Wildman–Crippen LogP) is 3.41. The summed E-state index contributed by atoms with van der Waals surface area (Å²) in [5.41, 5.74) is 7.73. The van der Waals surface area contributed by atoms with E-state index in [-0.39, 0.29) is 5.41 Å². The molecule has 0 amide bonds. The van der Waals surface area contributed by atoms with Crippen LogP contribution >= 0.6 is 11.6 Å². The number of rotatable bonds is 2. The van der Waals surface area contributed by atoms with Gasteiger partial charge in [-0.25, -0.2) is 4.68 Å². The predicted molar refractivity (Wildman–Crippen MR) is 78.2 cm³/mol. The van der Waals surface area contributed by atoms with Crippen molar-refractivity contribution in [2.45, 2.75) is 26.2 Å². The van der Waals surface area contributed by atoms with Crippen LogP contribution in [0.4, 0.5) is 5.82 Å². The second-order valence-electron chi connectivity index (χ2n) is 5.44. The lowest BCUT2D eigenvalue weighted by molar-refractivity contribution is 0.415. The van der Waals surface area contributed by atoms with E-state index >= 15 is 0 Å². The fourth-order valence-corrected chi connectivity index (χ4v) is 2.01. The average Bonchev–Trinajstić information content (AvgIpc) is 2.71. The minimum atomic E-state index is -0.0460. The average molecular weight is 280 g/mol. The summed E-state index contributed by atoms with van der Waals surface area (Å²) in [5.74, 6) is 1.22. The van der Waals surface area contributed by atoms with Gasteiger partial charge in [-0.1, -0.05) is 32.4 Å². The number of nitrogens with zero attached hydrogens (tertiary/aromatic N) is 2. The molecule has 0 unspecified atom stereocenters. The van der Waals surface area contributed by atoms with Gasteiger partial charge in [0.15, 0.2) is 0 Å². The SMILES string of the molecule is COc1ccc(-n2nc(C(C)(C)C)cc2N)cc1Cl. The normalized spacial score (nSPS) is 11.6. The van der Waals surface area contributed by atoms with Gasteiger partial charge in [-0.2, -0.15) is 5.10 Å². The van der Waals surface area contributed by atoms with Crippen molar-refractivity contribution in [3.8, 4) is 11.4 Å². The van der Waals surface area contributed by atoms with Crippen LogP contribution in [-0.2, 0) is 5.41 Å². The van der Waals surface area contributed by atoms with Crippen LogP contribution in [0.15, 0.2) is 24.3 Å². The molecular formula is C14H18ClN3O. The van der Waals surface area contributed by atoms with Crippen molar-refractivity contribution in [2.75, 3.05) is 12.8 Å². The molecule has 2 rings (SSSR count). The molecule has 0 bridgehead atoms. The lowest BCUT2D eigenvalue weighted by atomic mass is 9.92. The highest BCUT2D eigenvalue weighted by Crippen LogP contribution is 2.29. The number of halogens is 1. The smallest absolute Gasteiger partial charge is 0.137 e. The van der Waals surface area contributed by atoms with Crippen LogP contribution in [0.25, 0.3) is 5.69 Å². The molecule has 0 saturated carbocycles. The zero-order valence-corrected chi connectivity index (χ0v) is 12.3. The van der Waals surface area contributed by atoms with E-state index in [1.165, 1.54) is 0 Å². The van der Waals surface area contributed by atoms with E-state index in [9.17, 15) is 0 Å². The fraction of sp³-hybridized carbons (Fsp3) is 0.357. The van der Waals surface area contributed by atoms with Crippen molar-refractivity contribution in [1.29, 1.82) is 0 Å². The van der Waals surface area contributed by atoms with Crippen molar-refractivity contribution in [2.24, 2.45) is 0 Å². The van der Waals surface area contributed by atoms with Gasteiger partial charge in [0.1, 0.15) is 11.6 Å². The summed E-state index contributed by atoms with van der Waals surface area (Å²) in [6.07, 6.45) is 0. The molecule has 102 valence electrons. The molecule has 1 aromatic carbocycles. The van der Waals surface area contributed by atoms with Crippen molar-refractivity contribution >= 4 is 17.4 Å².